The van der Waals surface area contributed by atoms with Crippen molar-refractivity contribution in [2.75, 3.05) is 12.4 Å². The van der Waals surface area contributed by atoms with Gasteiger partial charge in [-0.2, -0.15) is 4.52 Å². The highest BCUT2D eigenvalue weighted by atomic mass is 16.5. The molecule has 0 bridgehead atoms. The molecule has 0 amide bonds. The van der Waals surface area contributed by atoms with Gasteiger partial charge in [-0.15, -0.1) is 5.10 Å². The molecule has 3 aromatic heterocycles. The third-order valence-corrected chi connectivity index (χ3v) is 5.82. The van der Waals surface area contributed by atoms with E-state index >= 15 is 0 Å². The number of aromatic nitrogens is 5. The van der Waals surface area contributed by atoms with Crippen LogP contribution in [-0.2, 0) is 0 Å². The molecule has 1 N–H and O–H groups in total. The molecular weight excluding hydrogens is 416 g/mol. The normalized spacial score (nSPS) is 13.4. The Morgan fingerprint density at radius 1 is 1.03 bits per heavy atom. The molecule has 5 aromatic rings. The summed E-state index contributed by atoms with van der Waals surface area (Å²) < 4.78 is 6.90. The first-order valence-electron chi connectivity index (χ1n) is 10.8. The average Bonchev–Trinajstić information content (AvgIpc) is 3.63. The molecule has 2 aromatic carbocycles. The van der Waals surface area contributed by atoms with Gasteiger partial charge in [0.15, 0.2) is 11.5 Å². The van der Waals surface area contributed by atoms with E-state index in [0.29, 0.717) is 29.0 Å². The minimum absolute atomic E-state index is 0.313. The second-order valence-corrected chi connectivity index (χ2v) is 8.06. The summed E-state index contributed by atoms with van der Waals surface area (Å²) in [6, 6.07) is 19.0. The Hall–Kier alpha value is -4.33. The summed E-state index contributed by atoms with van der Waals surface area (Å²) in [4.78, 5) is 26.0. The summed E-state index contributed by atoms with van der Waals surface area (Å²) in [7, 11) is 1.63. The largest absolute Gasteiger partial charge is 0.497 e. The second kappa shape index (κ2) is 7.67. The van der Waals surface area contributed by atoms with Gasteiger partial charge in [0.05, 0.1) is 12.6 Å². The lowest BCUT2D eigenvalue weighted by Crippen LogP contribution is -2.11. The molecule has 6 rings (SSSR count). The smallest absolute Gasteiger partial charge is 0.293 e. The Morgan fingerprint density at radius 2 is 1.88 bits per heavy atom. The minimum Gasteiger partial charge on any atom is -0.497 e. The summed E-state index contributed by atoms with van der Waals surface area (Å²) in [5.74, 6) is 2.32. The molecule has 3 heterocycles. The molecule has 8 heteroatoms. The van der Waals surface area contributed by atoms with E-state index < -0.39 is 0 Å². The van der Waals surface area contributed by atoms with E-state index in [9.17, 15) is 4.79 Å². The van der Waals surface area contributed by atoms with Crippen molar-refractivity contribution in [3.63, 3.8) is 0 Å². The molecule has 0 aliphatic heterocycles. The van der Waals surface area contributed by atoms with Gasteiger partial charge < -0.3 is 10.1 Å². The Morgan fingerprint density at radius 3 is 2.67 bits per heavy atom. The van der Waals surface area contributed by atoms with Crippen molar-refractivity contribution in [2.24, 2.45) is 0 Å². The van der Waals surface area contributed by atoms with E-state index in [2.05, 4.69) is 28.5 Å². The van der Waals surface area contributed by atoms with Gasteiger partial charge in [-0.05, 0) is 72.9 Å². The van der Waals surface area contributed by atoms with Crippen molar-refractivity contribution in [3.05, 3.63) is 82.8 Å². The quantitative estimate of drug-likeness (QED) is 0.438. The van der Waals surface area contributed by atoms with Crippen LogP contribution in [-0.4, -0.2) is 31.7 Å². The first-order chi connectivity index (χ1) is 16.2. The van der Waals surface area contributed by atoms with E-state index in [4.69, 9.17) is 19.8 Å². The zero-order valence-corrected chi connectivity index (χ0v) is 17.9. The van der Waals surface area contributed by atoms with Gasteiger partial charge in [0.25, 0.3) is 5.56 Å². The summed E-state index contributed by atoms with van der Waals surface area (Å²) in [6.07, 6.45) is 3.88. The van der Waals surface area contributed by atoms with Crippen LogP contribution in [0.5, 0.6) is 5.75 Å². The lowest BCUT2D eigenvalue weighted by atomic mass is 10.1. The fraction of sp³-hybridized carbons (Fsp3) is 0.160. The Bertz CT molecular complexity index is 1560. The monoisotopic (exact) mass is 436 g/mol. The van der Waals surface area contributed by atoms with Crippen molar-refractivity contribution in [1.29, 1.82) is 0 Å². The number of hydrogen-bond donors (Lipinski definition) is 1. The van der Waals surface area contributed by atoms with Crippen LogP contribution in [0.4, 0.5) is 11.6 Å². The Balaban J connectivity index is 1.56. The molecule has 8 nitrogen and oxygen atoms in total. The van der Waals surface area contributed by atoms with Crippen LogP contribution < -0.4 is 15.6 Å². The van der Waals surface area contributed by atoms with Crippen LogP contribution in [0.25, 0.3) is 27.9 Å². The van der Waals surface area contributed by atoms with Crippen LogP contribution in [0.3, 0.4) is 0 Å². The molecule has 0 saturated heterocycles. The predicted octanol–water partition coefficient (Wildman–Crippen LogP) is 4.33. The number of nitrogens with zero attached hydrogens (tertiary/aromatic N) is 5. The summed E-state index contributed by atoms with van der Waals surface area (Å²) in [5, 5.41) is 8.75. The maximum atomic E-state index is 12.4. The Labute approximate surface area is 188 Å². The van der Waals surface area contributed by atoms with Gasteiger partial charge in [0.2, 0.25) is 5.95 Å². The molecule has 162 valence electrons. The average molecular weight is 436 g/mol. The van der Waals surface area contributed by atoms with Crippen molar-refractivity contribution < 1.29 is 4.74 Å². The first kappa shape index (κ1) is 19.4. The molecule has 33 heavy (non-hydrogen) atoms. The molecule has 0 atom stereocenters. The topological polar surface area (TPSA) is 94.3 Å². The molecule has 1 aliphatic carbocycles. The zero-order chi connectivity index (χ0) is 22.4. The number of rotatable bonds is 5. The third-order valence-electron chi connectivity index (χ3n) is 5.82. The minimum atomic E-state index is -0.378. The van der Waals surface area contributed by atoms with Crippen molar-refractivity contribution in [3.8, 4) is 17.1 Å². The summed E-state index contributed by atoms with van der Waals surface area (Å²) in [5.41, 5.74) is 3.54. The highest BCUT2D eigenvalue weighted by molar-refractivity contribution is 5.93. The highest BCUT2D eigenvalue weighted by Crippen LogP contribution is 2.41. The standard InChI is InChI=1S/C25H20N6O2/c1-33-18-10-7-16(8-11-18)22-29-23-19-12-9-17(15-5-6-15)14-21(19)28-25(31(23)30-22)27-20-4-2-3-13-26-24(20)32/h2-4,7-15H,5-6H2,1H3,(H,26,27,28,32). The summed E-state index contributed by atoms with van der Waals surface area (Å²) >= 11 is 0. The first-order valence-corrected chi connectivity index (χ1v) is 10.8. The lowest BCUT2D eigenvalue weighted by Gasteiger charge is -2.08. The summed E-state index contributed by atoms with van der Waals surface area (Å²) in [6.45, 7) is 0. The molecule has 0 spiro atoms. The molecular formula is C25H20N6O2. The fourth-order valence-electron chi connectivity index (χ4n) is 3.91. The van der Waals surface area contributed by atoms with Crippen molar-refractivity contribution in [2.45, 2.75) is 18.8 Å². The second-order valence-electron chi connectivity index (χ2n) is 8.06. The highest BCUT2D eigenvalue weighted by Gasteiger charge is 2.24. The van der Waals surface area contributed by atoms with Crippen LogP contribution in [0, 0.1) is 0 Å². The van der Waals surface area contributed by atoms with E-state index in [-0.39, 0.29) is 5.56 Å². The number of fused-ring (bicyclic) bond motifs is 3. The van der Waals surface area contributed by atoms with Gasteiger partial charge in [-0.25, -0.2) is 15.0 Å². The number of benzene rings is 2. The van der Waals surface area contributed by atoms with Crippen molar-refractivity contribution >= 4 is 28.2 Å². The Kier molecular flexibility index (Phi) is 4.50. The number of anilines is 2. The lowest BCUT2D eigenvalue weighted by molar-refractivity contribution is 0.415. The van der Waals surface area contributed by atoms with Crippen molar-refractivity contribution in [1.82, 2.24) is 24.6 Å². The van der Waals surface area contributed by atoms with Gasteiger partial charge >= 0.3 is 0 Å². The predicted molar refractivity (Wildman–Crippen MR) is 126 cm³/mol. The number of nitrogens with one attached hydrogen (secondary N) is 1. The number of ether oxygens (including phenoxy) is 1. The van der Waals surface area contributed by atoms with Gasteiger partial charge in [0.1, 0.15) is 11.4 Å². The SMILES string of the molecule is COc1ccc(-c2nc3c4ccc(C5CC5)cc4nc(Nc4ccccnc4=O)n3n2)cc1. The zero-order valence-electron chi connectivity index (χ0n) is 17.9. The van der Waals surface area contributed by atoms with Crippen LogP contribution in [0.1, 0.15) is 24.3 Å². The van der Waals surface area contributed by atoms with Gasteiger partial charge in [0, 0.05) is 17.1 Å². The molecule has 1 fully saturated rings. The molecule has 0 unspecified atom stereocenters. The van der Waals surface area contributed by atoms with Crippen LogP contribution in [0.2, 0.25) is 0 Å². The fourth-order valence-corrected chi connectivity index (χ4v) is 3.91. The number of methoxy groups -OCH3 is 1. The van der Waals surface area contributed by atoms with E-state index in [1.165, 1.54) is 24.6 Å². The van der Waals surface area contributed by atoms with Gasteiger partial charge in [-0.1, -0.05) is 12.1 Å². The van der Waals surface area contributed by atoms with Crippen LogP contribution >= 0.6 is 0 Å². The van der Waals surface area contributed by atoms with E-state index in [1.54, 1.807) is 29.8 Å². The number of hydrogen-bond acceptors (Lipinski definition) is 7. The van der Waals surface area contributed by atoms with Gasteiger partial charge in [-0.3, -0.25) is 4.79 Å². The molecule has 1 aliphatic rings. The van der Waals surface area contributed by atoms with Crippen LogP contribution in [0.15, 0.2) is 71.7 Å². The maximum Gasteiger partial charge on any atom is 0.293 e. The third kappa shape index (κ3) is 3.55. The van der Waals surface area contributed by atoms with E-state index in [1.807, 2.05) is 24.3 Å². The maximum absolute atomic E-state index is 12.4. The van der Waals surface area contributed by atoms with E-state index in [0.717, 1.165) is 22.2 Å². The molecule has 1 saturated carbocycles. The molecule has 0 radical (unpaired) electrons.